The number of aryl methyl sites for hydroxylation is 1. The highest BCUT2D eigenvalue weighted by atomic mass is 16.5. The highest BCUT2D eigenvalue weighted by Gasteiger charge is 2.19. The van der Waals surface area contributed by atoms with E-state index in [0.29, 0.717) is 23.5 Å². The zero-order valence-electron chi connectivity index (χ0n) is 18.2. The molecule has 0 saturated carbocycles. The van der Waals surface area contributed by atoms with E-state index < -0.39 is 0 Å². The minimum Gasteiger partial charge on any atom is -0.483 e. The van der Waals surface area contributed by atoms with Gasteiger partial charge in [0.05, 0.1) is 11.3 Å². The second-order valence-electron chi connectivity index (χ2n) is 7.45. The van der Waals surface area contributed by atoms with E-state index in [9.17, 15) is 9.59 Å². The summed E-state index contributed by atoms with van der Waals surface area (Å²) in [7, 11) is 1.66. The number of ether oxygens (including phenoxy) is 1. The molecule has 0 fully saturated rings. The molecule has 160 valence electrons. The Bertz CT molecular complexity index is 1050. The minimum absolute atomic E-state index is 0.106. The molecule has 0 spiro atoms. The standard InChI is InChI=1S/C26H28N2O3/c1-19-10-9-15-24(20(19)2)31-18-25(29)28(3)23-14-8-7-13-22(23)26(30)27-17-16-21-11-5-4-6-12-21/h4-15H,16-18H2,1-3H3,(H,27,30). The van der Waals surface area contributed by atoms with Gasteiger partial charge in [0.25, 0.3) is 11.8 Å². The third-order valence-corrected chi connectivity index (χ3v) is 5.33. The Morgan fingerprint density at radius 3 is 2.39 bits per heavy atom. The number of hydrogen-bond acceptors (Lipinski definition) is 3. The largest absolute Gasteiger partial charge is 0.483 e. The first-order valence-corrected chi connectivity index (χ1v) is 10.3. The van der Waals surface area contributed by atoms with Crippen LogP contribution in [0.3, 0.4) is 0 Å². The van der Waals surface area contributed by atoms with Crippen molar-refractivity contribution in [3.63, 3.8) is 0 Å². The molecule has 3 rings (SSSR count). The lowest BCUT2D eigenvalue weighted by Gasteiger charge is -2.21. The number of benzene rings is 3. The topological polar surface area (TPSA) is 58.6 Å². The smallest absolute Gasteiger partial charge is 0.264 e. The second kappa shape index (κ2) is 10.4. The number of nitrogens with zero attached hydrogens (tertiary/aromatic N) is 1. The van der Waals surface area contributed by atoms with Gasteiger partial charge in [0.15, 0.2) is 6.61 Å². The third-order valence-electron chi connectivity index (χ3n) is 5.33. The van der Waals surface area contributed by atoms with Crippen molar-refractivity contribution in [2.24, 2.45) is 0 Å². The quantitative estimate of drug-likeness (QED) is 0.595. The molecule has 3 aromatic carbocycles. The van der Waals surface area contributed by atoms with E-state index in [1.54, 1.807) is 25.2 Å². The number of rotatable bonds is 8. The number of hydrogen-bond donors (Lipinski definition) is 1. The molecule has 0 aliphatic carbocycles. The molecule has 0 aliphatic heterocycles. The number of amides is 2. The van der Waals surface area contributed by atoms with Gasteiger partial charge in [-0.25, -0.2) is 0 Å². The van der Waals surface area contributed by atoms with Crippen LogP contribution in [0.25, 0.3) is 0 Å². The Hall–Kier alpha value is -3.60. The van der Waals surface area contributed by atoms with E-state index in [1.807, 2.05) is 68.4 Å². The van der Waals surface area contributed by atoms with E-state index >= 15 is 0 Å². The molecule has 1 N–H and O–H groups in total. The fourth-order valence-corrected chi connectivity index (χ4v) is 3.27. The third kappa shape index (κ3) is 5.72. The van der Waals surface area contributed by atoms with Gasteiger partial charge >= 0.3 is 0 Å². The average molecular weight is 417 g/mol. The lowest BCUT2D eigenvalue weighted by Crippen LogP contribution is -2.34. The first kappa shape index (κ1) is 22.1. The molecule has 0 atom stereocenters. The minimum atomic E-state index is -0.231. The van der Waals surface area contributed by atoms with Crippen LogP contribution in [0.2, 0.25) is 0 Å². The number of para-hydroxylation sites is 1. The summed E-state index contributed by atoms with van der Waals surface area (Å²) in [5.41, 5.74) is 4.28. The van der Waals surface area contributed by atoms with Gasteiger partial charge < -0.3 is 15.0 Å². The van der Waals surface area contributed by atoms with Gasteiger partial charge in [-0.2, -0.15) is 0 Å². The van der Waals surface area contributed by atoms with Crippen molar-refractivity contribution in [3.8, 4) is 5.75 Å². The van der Waals surface area contributed by atoms with Crippen molar-refractivity contribution in [1.29, 1.82) is 0 Å². The van der Waals surface area contributed by atoms with Gasteiger partial charge in [-0.1, -0.05) is 54.6 Å². The van der Waals surface area contributed by atoms with Gasteiger partial charge in [0, 0.05) is 13.6 Å². The van der Waals surface area contributed by atoms with E-state index in [4.69, 9.17) is 4.74 Å². The molecule has 2 amide bonds. The number of likely N-dealkylation sites (N-methyl/N-ethyl adjacent to an activating group) is 1. The maximum Gasteiger partial charge on any atom is 0.264 e. The van der Waals surface area contributed by atoms with Crippen molar-refractivity contribution in [2.45, 2.75) is 20.3 Å². The molecular formula is C26H28N2O3. The Labute approximate surface area is 183 Å². The Kier molecular flexibility index (Phi) is 7.44. The summed E-state index contributed by atoms with van der Waals surface area (Å²) < 4.78 is 5.74. The first-order chi connectivity index (χ1) is 15.0. The molecule has 0 aliphatic rings. The molecule has 0 aromatic heterocycles. The van der Waals surface area contributed by atoms with E-state index in [1.165, 1.54) is 4.90 Å². The molecular weight excluding hydrogens is 388 g/mol. The van der Waals surface area contributed by atoms with Crippen LogP contribution in [0.15, 0.2) is 72.8 Å². The molecule has 0 unspecified atom stereocenters. The summed E-state index contributed by atoms with van der Waals surface area (Å²) in [4.78, 5) is 27.0. The number of nitrogens with one attached hydrogen (secondary N) is 1. The zero-order valence-corrected chi connectivity index (χ0v) is 18.2. The van der Waals surface area contributed by atoms with Crippen LogP contribution in [0.5, 0.6) is 5.75 Å². The monoisotopic (exact) mass is 416 g/mol. The fraction of sp³-hybridized carbons (Fsp3) is 0.231. The lowest BCUT2D eigenvalue weighted by molar-refractivity contribution is -0.120. The summed E-state index contributed by atoms with van der Waals surface area (Å²) in [6, 6.07) is 22.8. The predicted octanol–water partition coefficient (Wildman–Crippen LogP) is 4.32. The molecule has 0 radical (unpaired) electrons. The van der Waals surface area contributed by atoms with Crippen LogP contribution in [0.1, 0.15) is 27.0 Å². The van der Waals surface area contributed by atoms with Crippen LogP contribution < -0.4 is 15.0 Å². The summed E-state index contributed by atoms with van der Waals surface area (Å²) in [6.07, 6.45) is 0.743. The van der Waals surface area contributed by atoms with Crippen LogP contribution in [-0.4, -0.2) is 32.0 Å². The maximum absolute atomic E-state index is 12.8. The Morgan fingerprint density at radius 2 is 1.61 bits per heavy atom. The van der Waals surface area contributed by atoms with Gasteiger partial charge in [-0.15, -0.1) is 0 Å². The van der Waals surface area contributed by atoms with E-state index in [0.717, 1.165) is 23.1 Å². The van der Waals surface area contributed by atoms with Crippen molar-refractivity contribution in [3.05, 3.63) is 95.1 Å². The Morgan fingerprint density at radius 1 is 0.903 bits per heavy atom. The number of anilines is 1. The van der Waals surface area contributed by atoms with E-state index in [2.05, 4.69) is 5.32 Å². The molecule has 0 saturated heterocycles. The normalized spacial score (nSPS) is 10.4. The first-order valence-electron chi connectivity index (χ1n) is 10.3. The number of carbonyl (C=O) groups excluding carboxylic acids is 2. The molecule has 3 aromatic rings. The lowest BCUT2D eigenvalue weighted by atomic mass is 10.1. The van der Waals surface area contributed by atoms with Gasteiger partial charge in [-0.05, 0) is 55.2 Å². The summed E-state index contributed by atoms with van der Waals surface area (Å²) in [6.45, 7) is 4.38. The van der Waals surface area contributed by atoms with Crippen LogP contribution >= 0.6 is 0 Å². The fourth-order valence-electron chi connectivity index (χ4n) is 3.27. The van der Waals surface area contributed by atoms with Crippen molar-refractivity contribution >= 4 is 17.5 Å². The van der Waals surface area contributed by atoms with Crippen molar-refractivity contribution < 1.29 is 14.3 Å². The van der Waals surface area contributed by atoms with Crippen molar-refractivity contribution in [2.75, 3.05) is 25.1 Å². The summed E-state index contributed by atoms with van der Waals surface area (Å²) in [5, 5.41) is 2.95. The number of carbonyl (C=O) groups is 2. The van der Waals surface area contributed by atoms with Crippen LogP contribution in [-0.2, 0) is 11.2 Å². The summed E-state index contributed by atoms with van der Waals surface area (Å²) in [5.74, 6) is 0.251. The van der Waals surface area contributed by atoms with Crippen LogP contribution in [0, 0.1) is 13.8 Å². The zero-order chi connectivity index (χ0) is 22.2. The highest BCUT2D eigenvalue weighted by Crippen LogP contribution is 2.22. The average Bonchev–Trinajstić information content (AvgIpc) is 2.80. The molecule has 0 bridgehead atoms. The maximum atomic E-state index is 12.8. The summed E-state index contributed by atoms with van der Waals surface area (Å²) >= 11 is 0. The van der Waals surface area contributed by atoms with Gasteiger partial charge in [0.2, 0.25) is 0 Å². The molecule has 0 heterocycles. The second-order valence-corrected chi connectivity index (χ2v) is 7.45. The molecule has 5 nitrogen and oxygen atoms in total. The Balaban J connectivity index is 1.63. The van der Waals surface area contributed by atoms with Gasteiger partial charge in [-0.3, -0.25) is 9.59 Å². The van der Waals surface area contributed by atoms with Crippen molar-refractivity contribution in [1.82, 2.24) is 5.32 Å². The molecule has 31 heavy (non-hydrogen) atoms. The van der Waals surface area contributed by atoms with Gasteiger partial charge in [0.1, 0.15) is 5.75 Å². The van der Waals surface area contributed by atoms with Crippen LogP contribution in [0.4, 0.5) is 5.69 Å². The highest BCUT2D eigenvalue weighted by molar-refractivity contribution is 6.04. The van der Waals surface area contributed by atoms with E-state index in [-0.39, 0.29) is 18.4 Å². The molecule has 5 heteroatoms. The predicted molar refractivity (Wildman–Crippen MR) is 124 cm³/mol. The SMILES string of the molecule is Cc1cccc(OCC(=O)N(C)c2ccccc2C(=O)NCCc2ccccc2)c1C.